The maximum Gasteiger partial charge on any atom is 0.228 e. The number of nitrogens with zero attached hydrogens (tertiary/aromatic N) is 1. The van der Waals surface area contributed by atoms with Crippen molar-refractivity contribution in [3.05, 3.63) is 54.1 Å². The second-order valence-electron chi connectivity index (χ2n) is 5.56. The lowest BCUT2D eigenvalue weighted by molar-refractivity contribution is -0.117. The molecule has 1 aliphatic rings. The Hall–Kier alpha value is -2.82. The molecular formula is C18H18N2O3. The van der Waals surface area contributed by atoms with E-state index < -0.39 is 0 Å². The van der Waals surface area contributed by atoms with E-state index in [4.69, 9.17) is 0 Å². The minimum atomic E-state index is -0.158. The van der Waals surface area contributed by atoms with Crippen LogP contribution in [-0.4, -0.2) is 23.5 Å². The van der Waals surface area contributed by atoms with Crippen molar-refractivity contribution >= 4 is 23.2 Å². The van der Waals surface area contributed by atoms with Gasteiger partial charge in [0.05, 0.1) is 17.8 Å². The van der Waals surface area contributed by atoms with Crippen LogP contribution in [-0.2, 0) is 16.0 Å². The molecule has 5 nitrogen and oxygen atoms in total. The number of hydrogen-bond donors (Lipinski definition) is 2. The molecule has 1 aliphatic heterocycles. The van der Waals surface area contributed by atoms with E-state index in [9.17, 15) is 14.7 Å². The summed E-state index contributed by atoms with van der Waals surface area (Å²) in [4.78, 5) is 25.9. The molecule has 0 aliphatic carbocycles. The molecule has 0 aromatic heterocycles. The molecule has 0 unspecified atom stereocenters. The molecule has 0 saturated carbocycles. The van der Waals surface area contributed by atoms with E-state index in [1.165, 1.54) is 0 Å². The van der Waals surface area contributed by atoms with E-state index >= 15 is 0 Å². The number of benzene rings is 2. The highest BCUT2D eigenvalue weighted by atomic mass is 16.3. The Bertz CT molecular complexity index is 725. The smallest absolute Gasteiger partial charge is 0.228 e. The third-order valence-electron chi connectivity index (χ3n) is 3.84. The lowest BCUT2D eigenvalue weighted by Gasteiger charge is -2.20. The average Bonchev–Trinajstić information content (AvgIpc) is 2.96. The third kappa shape index (κ3) is 3.51. The maximum absolute atomic E-state index is 12.2. The van der Waals surface area contributed by atoms with Crippen LogP contribution in [0.2, 0.25) is 0 Å². The van der Waals surface area contributed by atoms with Crippen molar-refractivity contribution in [1.82, 2.24) is 0 Å². The first-order valence-electron chi connectivity index (χ1n) is 7.60. The van der Waals surface area contributed by atoms with E-state index in [-0.39, 0.29) is 24.0 Å². The first-order chi connectivity index (χ1) is 11.1. The number of hydrogen-bond acceptors (Lipinski definition) is 3. The van der Waals surface area contributed by atoms with Gasteiger partial charge in [0, 0.05) is 13.0 Å². The van der Waals surface area contributed by atoms with Crippen LogP contribution in [0.4, 0.5) is 11.4 Å². The Morgan fingerprint density at radius 1 is 1.13 bits per heavy atom. The van der Waals surface area contributed by atoms with Gasteiger partial charge in [-0.3, -0.25) is 9.59 Å². The molecule has 0 spiro atoms. The minimum Gasteiger partial charge on any atom is -0.508 e. The Morgan fingerprint density at radius 3 is 2.57 bits per heavy atom. The summed E-state index contributed by atoms with van der Waals surface area (Å²) in [5, 5.41) is 12.1. The predicted octanol–water partition coefficient (Wildman–Crippen LogP) is 2.70. The number of nitrogens with one attached hydrogen (secondary N) is 1. The number of aromatic hydroxyl groups is 1. The number of carbonyl (C=O) groups excluding carboxylic acids is 2. The number of phenolic OH excluding ortho intramolecular Hbond substituents is 1. The number of rotatable bonds is 4. The fourth-order valence-corrected chi connectivity index (χ4v) is 2.71. The van der Waals surface area contributed by atoms with Crippen LogP contribution in [0, 0.1) is 0 Å². The van der Waals surface area contributed by atoms with Gasteiger partial charge < -0.3 is 15.3 Å². The lowest BCUT2D eigenvalue weighted by Crippen LogP contribution is -2.25. The largest absolute Gasteiger partial charge is 0.508 e. The summed E-state index contributed by atoms with van der Waals surface area (Å²) in [6.07, 6.45) is 1.60. The van der Waals surface area contributed by atoms with Crippen LogP contribution >= 0.6 is 0 Å². The molecule has 2 aromatic rings. The van der Waals surface area contributed by atoms with Gasteiger partial charge in [0.15, 0.2) is 0 Å². The molecule has 2 amide bonds. The molecule has 1 heterocycles. The number of amides is 2. The Kier molecular flexibility index (Phi) is 4.28. The highest BCUT2D eigenvalue weighted by Crippen LogP contribution is 2.29. The van der Waals surface area contributed by atoms with Crippen molar-refractivity contribution in [1.29, 1.82) is 0 Å². The monoisotopic (exact) mass is 310 g/mol. The highest BCUT2D eigenvalue weighted by molar-refractivity contribution is 6.02. The normalized spacial score (nSPS) is 14.1. The van der Waals surface area contributed by atoms with Crippen LogP contribution in [0.25, 0.3) is 0 Å². The van der Waals surface area contributed by atoms with Crippen molar-refractivity contribution in [2.24, 2.45) is 0 Å². The Morgan fingerprint density at radius 2 is 1.87 bits per heavy atom. The summed E-state index contributed by atoms with van der Waals surface area (Å²) >= 11 is 0. The summed E-state index contributed by atoms with van der Waals surface area (Å²) in [7, 11) is 0. The van der Waals surface area contributed by atoms with Crippen LogP contribution in [0.3, 0.4) is 0 Å². The standard InChI is InChI=1S/C18H18N2O3/c21-14-9-7-13(8-10-14)12-17(22)19-15-4-1-2-5-16(15)20-11-3-6-18(20)23/h1-2,4-5,7-10,21H,3,6,11-12H2,(H,19,22). The molecule has 2 N–H and O–H groups in total. The van der Waals surface area contributed by atoms with Gasteiger partial charge in [0.25, 0.3) is 0 Å². The number of carbonyl (C=O) groups is 2. The fraction of sp³-hybridized carbons (Fsp3) is 0.222. The molecule has 0 bridgehead atoms. The van der Waals surface area contributed by atoms with Gasteiger partial charge in [0.2, 0.25) is 11.8 Å². The van der Waals surface area contributed by atoms with Crippen LogP contribution < -0.4 is 10.2 Å². The summed E-state index contributed by atoms with van der Waals surface area (Å²) in [5.74, 6) is 0.104. The van der Waals surface area contributed by atoms with Gasteiger partial charge in [-0.1, -0.05) is 24.3 Å². The molecule has 1 fully saturated rings. The van der Waals surface area contributed by atoms with Crippen molar-refractivity contribution in [2.75, 3.05) is 16.8 Å². The van der Waals surface area contributed by atoms with Gasteiger partial charge >= 0.3 is 0 Å². The van der Waals surface area contributed by atoms with Gasteiger partial charge in [-0.25, -0.2) is 0 Å². The molecule has 5 heteroatoms. The van der Waals surface area contributed by atoms with Crippen molar-refractivity contribution in [2.45, 2.75) is 19.3 Å². The molecule has 2 aromatic carbocycles. The third-order valence-corrected chi connectivity index (χ3v) is 3.84. The van der Waals surface area contributed by atoms with Crippen LogP contribution in [0.5, 0.6) is 5.75 Å². The minimum absolute atomic E-state index is 0.0882. The fourth-order valence-electron chi connectivity index (χ4n) is 2.71. The van der Waals surface area contributed by atoms with E-state index in [0.717, 1.165) is 17.7 Å². The second kappa shape index (κ2) is 6.52. The molecule has 23 heavy (non-hydrogen) atoms. The number of para-hydroxylation sites is 2. The van der Waals surface area contributed by atoms with Crippen LogP contribution in [0.15, 0.2) is 48.5 Å². The molecule has 1 saturated heterocycles. The summed E-state index contributed by atoms with van der Waals surface area (Å²) in [5.41, 5.74) is 2.20. The molecule has 0 atom stereocenters. The molecule has 118 valence electrons. The quantitative estimate of drug-likeness (QED) is 0.912. The zero-order valence-corrected chi connectivity index (χ0v) is 12.7. The maximum atomic E-state index is 12.2. The van der Waals surface area contributed by atoms with E-state index in [1.807, 2.05) is 18.2 Å². The van der Waals surface area contributed by atoms with Crippen LogP contribution in [0.1, 0.15) is 18.4 Å². The van der Waals surface area contributed by atoms with Crippen molar-refractivity contribution < 1.29 is 14.7 Å². The van der Waals surface area contributed by atoms with Gasteiger partial charge in [-0.15, -0.1) is 0 Å². The molecule has 3 rings (SSSR count). The van der Waals surface area contributed by atoms with Gasteiger partial charge in [-0.2, -0.15) is 0 Å². The van der Waals surface area contributed by atoms with E-state index in [0.29, 0.717) is 18.7 Å². The topological polar surface area (TPSA) is 69.6 Å². The van der Waals surface area contributed by atoms with Crippen molar-refractivity contribution in [3.8, 4) is 5.75 Å². The zero-order chi connectivity index (χ0) is 16.2. The first-order valence-corrected chi connectivity index (χ1v) is 7.60. The molecular weight excluding hydrogens is 292 g/mol. The number of anilines is 2. The SMILES string of the molecule is O=C(Cc1ccc(O)cc1)Nc1ccccc1N1CCCC1=O. The van der Waals surface area contributed by atoms with E-state index in [1.54, 1.807) is 35.2 Å². The van der Waals surface area contributed by atoms with E-state index in [2.05, 4.69) is 5.32 Å². The van der Waals surface area contributed by atoms with Crippen molar-refractivity contribution in [3.63, 3.8) is 0 Å². The van der Waals surface area contributed by atoms with Gasteiger partial charge in [-0.05, 0) is 36.2 Å². The second-order valence-corrected chi connectivity index (χ2v) is 5.56. The number of phenols is 1. The summed E-state index contributed by atoms with van der Waals surface area (Å²) in [6, 6.07) is 13.9. The summed E-state index contributed by atoms with van der Waals surface area (Å²) < 4.78 is 0. The zero-order valence-electron chi connectivity index (χ0n) is 12.7. The Labute approximate surface area is 134 Å². The van der Waals surface area contributed by atoms with Gasteiger partial charge in [0.1, 0.15) is 5.75 Å². The Balaban J connectivity index is 1.73. The lowest BCUT2D eigenvalue weighted by atomic mass is 10.1. The highest BCUT2D eigenvalue weighted by Gasteiger charge is 2.24. The molecule has 0 radical (unpaired) electrons. The average molecular weight is 310 g/mol. The summed E-state index contributed by atoms with van der Waals surface area (Å²) in [6.45, 7) is 0.684. The first kappa shape index (κ1) is 15.1. The predicted molar refractivity (Wildman–Crippen MR) is 88.5 cm³/mol.